The lowest BCUT2D eigenvalue weighted by Crippen LogP contribution is -2.21. The Balaban J connectivity index is 1.97. The summed E-state index contributed by atoms with van der Waals surface area (Å²) in [5.41, 5.74) is 1.04. The molecule has 0 bridgehead atoms. The van der Waals surface area contributed by atoms with Gasteiger partial charge in [-0.25, -0.2) is 9.78 Å². The molecular weight excluding hydrogens is 382 g/mol. The number of carbonyl (C=O) groups excluding carboxylic acids is 2. The molecule has 1 amide bonds. The van der Waals surface area contributed by atoms with Crippen molar-refractivity contribution >= 4 is 40.2 Å². The van der Waals surface area contributed by atoms with E-state index in [0.29, 0.717) is 16.6 Å². The van der Waals surface area contributed by atoms with Crippen molar-refractivity contribution in [1.29, 1.82) is 5.26 Å². The number of benzene rings is 1. The van der Waals surface area contributed by atoms with Crippen LogP contribution in [0.4, 0.5) is 5.69 Å². The summed E-state index contributed by atoms with van der Waals surface area (Å²) in [5.74, 6) is -1.51. The van der Waals surface area contributed by atoms with Gasteiger partial charge in [0.25, 0.3) is 12.2 Å². The molecule has 10 heteroatoms. The molecule has 3 rings (SSSR count). The molecule has 9 nitrogen and oxygen atoms in total. The van der Waals surface area contributed by atoms with Crippen LogP contribution in [0.1, 0.15) is 33.5 Å². The molecule has 2 heterocycles. The fraction of sp³-hybridized carbons (Fsp3) is 0.167. The molecule has 0 aliphatic rings. The first-order chi connectivity index (χ1) is 13.4. The van der Waals surface area contributed by atoms with E-state index >= 15 is 0 Å². The van der Waals surface area contributed by atoms with E-state index in [9.17, 15) is 14.7 Å². The molecule has 1 atom stereocenters. The van der Waals surface area contributed by atoms with Gasteiger partial charge in [-0.15, -0.1) is 17.0 Å². The van der Waals surface area contributed by atoms with Crippen LogP contribution in [-0.4, -0.2) is 38.4 Å². The van der Waals surface area contributed by atoms with Crippen molar-refractivity contribution in [3.05, 3.63) is 53.5 Å². The summed E-state index contributed by atoms with van der Waals surface area (Å²) in [5, 5.41) is 28.8. The van der Waals surface area contributed by atoms with Crippen molar-refractivity contribution in [2.24, 2.45) is 0 Å². The molecular formula is C18H15N5O4S. The number of carbonyl (C=O) groups is 2. The molecule has 1 unspecified atom stereocenters. The van der Waals surface area contributed by atoms with Gasteiger partial charge in [-0.2, -0.15) is 5.10 Å². The van der Waals surface area contributed by atoms with E-state index in [2.05, 4.69) is 25.2 Å². The number of fused-ring (bicyclic) bond motifs is 1. The third kappa shape index (κ3) is 3.80. The van der Waals surface area contributed by atoms with Crippen LogP contribution in [0.3, 0.4) is 0 Å². The molecule has 0 saturated carbocycles. The Labute approximate surface area is 163 Å². The van der Waals surface area contributed by atoms with Crippen molar-refractivity contribution in [3.63, 3.8) is 0 Å². The number of ether oxygens (including phenoxy) is 1. The van der Waals surface area contributed by atoms with Crippen molar-refractivity contribution in [2.75, 3.05) is 11.6 Å². The van der Waals surface area contributed by atoms with Gasteiger partial charge in [0.15, 0.2) is 0 Å². The quantitative estimate of drug-likeness (QED) is 0.338. The van der Waals surface area contributed by atoms with Gasteiger partial charge in [0, 0.05) is 5.39 Å². The Morgan fingerprint density at radius 2 is 2.18 bits per heavy atom. The lowest BCUT2D eigenvalue weighted by Gasteiger charge is -2.20. The largest absolute Gasteiger partial charge is 0.374 e. The van der Waals surface area contributed by atoms with Crippen LogP contribution in [0, 0.1) is 11.5 Å². The number of nitrogens with zero attached hydrogens (tertiary/aromatic N) is 3. The minimum Gasteiger partial charge on any atom is -0.374 e. The number of hydrogen-bond acceptors (Lipinski definition) is 8. The van der Waals surface area contributed by atoms with Crippen LogP contribution in [0.15, 0.2) is 36.5 Å². The summed E-state index contributed by atoms with van der Waals surface area (Å²) < 4.78 is 4.39. The summed E-state index contributed by atoms with van der Waals surface area (Å²) in [4.78, 5) is 27.7. The minimum atomic E-state index is -1.26. The Morgan fingerprint density at radius 3 is 2.89 bits per heavy atom. The van der Waals surface area contributed by atoms with Gasteiger partial charge in [0.2, 0.25) is 0 Å². The third-order valence-corrected chi connectivity index (χ3v) is 5.04. The van der Waals surface area contributed by atoms with Crippen LogP contribution in [0.2, 0.25) is 0 Å². The summed E-state index contributed by atoms with van der Waals surface area (Å²) in [6, 6.07) is 7.66. The Bertz CT molecular complexity index is 1100. The molecule has 0 saturated heterocycles. The lowest BCUT2D eigenvalue weighted by atomic mass is 10.1. The number of nitriles is 1. The average molecular weight is 397 g/mol. The first kappa shape index (κ1) is 19.3. The van der Waals surface area contributed by atoms with Crippen LogP contribution in [0.25, 0.3) is 10.9 Å². The number of thioether (sulfide) groups is 1. The highest BCUT2D eigenvalue weighted by atomic mass is 32.2. The normalized spacial score (nSPS) is 12.8. The smallest absolute Gasteiger partial charge is 0.355 e. The van der Waals surface area contributed by atoms with Gasteiger partial charge >= 0.3 is 5.97 Å². The lowest BCUT2D eigenvalue weighted by molar-refractivity contribution is 0.0686. The molecule has 1 aromatic carbocycles. The van der Waals surface area contributed by atoms with E-state index in [1.54, 1.807) is 25.3 Å². The van der Waals surface area contributed by atoms with Crippen LogP contribution in [-0.2, 0) is 9.67 Å². The molecule has 0 spiro atoms. The van der Waals surface area contributed by atoms with E-state index < -0.39 is 16.8 Å². The van der Waals surface area contributed by atoms with Crippen molar-refractivity contribution in [2.45, 2.75) is 11.9 Å². The first-order valence-corrected chi connectivity index (χ1v) is 9.22. The van der Waals surface area contributed by atoms with E-state index in [1.165, 1.54) is 42.4 Å². The summed E-state index contributed by atoms with van der Waals surface area (Å²) in [7, 11) is 0. The number of aromatic amines is 1. The average Bonchev–Trinajstić information content (AvgIpc) is 3.15. The first-order valence-electron chi connectivity index (χ1n) is 7.99. The predicted molar refractivity (Wildman–Crippen MR) is 102 cm³/mol. The van der Waals surface area contributed by atoms with Gasteiger partial charge in [-0.05, 0) is 37.4 Å². The highest BCUT2D eigenvalue weighted by Gasteiger charge is 2.25. The van der Waals surface area contributed by atoms with Crippen molar-refractivity contribution in [1.82, 2.24) is 15.2 Å². The monoisotopic (exact) mass is 397 g/mol. The molecule has 3 aromatic rings. The van der Waals surface area contributed by atoms with Crippen LogP contribution in [0.5, 0.6) is 0 Å². The number of anilines is 1. The topological polar surface area (TPSA) is 141 Å². The number of amides is 1. The van der Waals surface area contributed by atoms with Gasteiger partial charge in [-0.1, -0.05) is 6.07 Å². The number of nitrogens with one attached hydrogen (secondary N) is 2. The zero-order chi connectivity index (χ0) is 20.3. The van der Waals surface area contributed by atoms with Crippen LogP contribution < -0.4 is 5.32 Å². The third-order valence-electron chi connectivity index (χ3n) is 4.04. The van der Waals surface area contributed by atoms with E-state index in [1.807, 2.05) is 0 Å². The molecule has 0 aliphatic carbocycles. The van der Waals surface area contributed by atoms with Crippen LogP contribution >= 0.6 is 11.8 Å². The zero-order valence-corrected chi connectivity index (χ0v) is 15.7. The molecule has 3 N–H and O–H groups in total. The van der Waals surface area contributed by atoms with E-state index in [-0.39, 0.29) is 16.9 Å². The molecule has 2 aromatic heterocycles. The summed E-state index contributed by atoms with van der Waals surface area (Å²) in [6.45, 7) is 1.57. The second kappa shape index (κ2) is 7.67. The Morgan fingerprint density at radius 1 is 1.39 bits per heavy atom. The number of rotatable bonds is 5. The minimum absolute atomic E-state index is 0.0149. The fourth-order valence-corrected chi connectivity index (χ4v) is 2.79. The van der Waals surface area contributed by atoms with Gasteiger partial charge in [0.05, 0.1) is 28.7 Å². The van der Waals surface area contributed by atoms with E-state index in [0.717, 1.165) is 0 Å². The number of esters is 1. The number of aliphatic hydroxyl groups is 1. The summed E-state index contributed by atoms with van der Waals surface area (Å²) in [6.07, 6.45) is 4.57. The standard InChI is InChI=1S/C18H15N5O4S/c1-18(26,28-2)15-5-3-4-12(21-15)16(24)22-14-6-10-8-20-23-13(10)7-11(14)17(25)27-9-19/h3-8,26H,1-2H3,(H,20,23)(H,22,24). The predicted octanol–water partition coefficient (Wildman–Crippen LogP) is 2.38. The molecule has 0 fully saturated rings. The van der Waals surface area contributed by atoms with Gasteiger partial charge in [-0.3, -0.25) is 9.89 Å². The number of pyridine rings is 1. The van der Waals surface area contributed by atoms with E-state index in [4.69, 9.17) is 5.26 Å². The SMILES string of the molecule is CSC(C)(O)c1cccc(C(=O)Nc2cc3cn[nH]c3cc2C(=O)OC#N)n1. The van der Waals surface area contributed by atoms with Crippen molar-refractivity contribution in [3.8, 4) is 6.26 Å². The Kier molecular flexibility index (Phi) is 5.30. The maximum absolute atomic E-state index is 12.7. The maximum atomic E-state index is 12.7. The Hall–Kier alpha value is -3.42. The van der Waals surface area contributed by atoms with Crippen molar-refractivity contribution < 1.29 is 19.4 Å². The van der Waals surface area contributed by atoms with Gasteiger partial charge in [0.1, 0.15) is 10.6 Å². The zero-order valence-electron chi connectivity index (χ0n) is 14.9. The molecule has 142 valence electrons. The highest BCUT2D eigenvalue weighted by molar-refractivity contribution is 7.99. The maximum Gasteiger partial charge on any atom is 0.355 e. The second-order valence-corrected chi connectivity index (χ2v) is 7.09. The molecule has 0 radical (unpaired) electrons. The number of aromatic nitrogens is 3. The van der Waals surface area contributed by atoms with Gasteiger partial charge < -0.3 is 15.2 Å². The fourth-order valence-electron chi connectivity index (χ4n) is 2.47. The summed E-state index contributed by atoms with van der Waals surface area (Å²) >= 11 is 1.18. The molecule has 28 heavy (non-hydrogen) atoms. The second-order valence-electron chi connectivity index (χ2n) is 5.89. The highest BCUT2D eigenvalue weighted by Crippen LogP contribution is 2.30. The molecule has 0 aliphatic heterocycles. The number of hydrogen-bond donors (Lipinski definition) is 3. The number of H-pyrrole nitrogens is 1.